The lowest BCUT2D eigenvalue weighted by Gasteiger charge is -2.08. The smallest absolute Gasteiger partial charge is 0.128 e. The van der Waals surface area contributed by atoms with Gasteiger partial charge in [-0.3, -0.25) is 0 Å². The van der Waals surface area contributed by atoms with Crippen LogP contribution in [0.1, 0.15) is 26.3 Å². The molecule has 78 valence electrons. The number of nitrogen functional groups attached to an aromatic ring is 1. The van der Waals surface area contributed by atoms with E-state index in [-0.39, 0.29) is 0 Å². The summed E-state index contributed by atoms with van der Waals surface area (Å²) >= 11 is 0. The molecule has 0 amide bonds. The van der Waals surface area contributed by atoms with Gasteiger partial charge in [-0.1, -0.05) is 27.4 Å². The summed E-state index contributed by atoms with van der Waals surface area (Å²) in [6, 6.07) is 1.89. The Morgan fingerprint density at radius 1 is 1.57 bits per heavy atom. The predicted octanol–water partition coefficient (Wildman–Crippen LogP) is 2.81. The minimum atomic E-state index is 0.587. The van der Waals surface area contributed by atoms with E-state index in [0.29, 0.717) is 5.82 Å². The average Bonchev–Trinajstić information content (AvgIpc) is 2.22. The molecular formula is C11H19N3. The van der Waals surface area contributed by atoms with Crippen LogP contribution in [0.25, 0.3) is 0 Å². The van der Waals surface area contributed by atoms with Gasteiger partial charge in [0, 0.05) is 17.4 Å². The number of nitrogens with zero attached hydrogens (tertiary/aromatic N) is 1. The maximum atomic E-state index is 5.68. The third-order valence-corrected chi connectivity index (χ3v) is 1.70. The largest absolute Gasteiger partial charge is 0.383 e. The molecule has 0 unspecified atom stereocenters. The van der Waals surface area contributed by atoms with Crippen LogP contribution in [-0.4, -0.2) is 4.98 Å². The maximum absolute atomic E-state index is 5.68. The Labute approximate surface area is 86.0 Å². The Bertz CT molecular complexity index is 282. The molecule has 1 rings (SSSR count). The van der Waals surface area contributed by atoms with Crippen molar-refractivity contribution in [3.05, 3.63) is 30.6 Å². The normalized spacial score (nSPS) is 8.50. The first kappa shape index (κ1) is 12.5. The van der Waals surface area contributed by atoms with Crippen molar-refractivity contribution in [1.29, 1.82) is 0 Å². The summed E-state index contributed by atoms with van der Waals surface area (Å²) in [6.07, 6.45) is 4.18. The van der Waals surface area contributed by atoms with Crippen LogP contribution in [0.5, 0.6) is 0 Å². The second-order valence-electron chi connectivity index (χ2n) is 2.42. The molecule has 3 N–H and O–H groups in total. The van der Waals surface area contributed by atoms with Crippen LogP contribution >= 0.6 is 0 Å². The van der Waals surface area contributed by atoms with Gasteiger partial charge in [0.2, 0.25) is 0 Å². The summed E-state index contributed by atoms with van der Waals surface area (Å²) in [5.41, 5.74) is 7.70. The van der Waals surface area contributed by atoms with E-state index in [1.54, 1.807) is 12.4 Å². The zero-order valence-corrected chi connectivity index (χ0v) is 9.17. The Morgan fingerprint density at radius 2 is 2.21 bits per heavy atom. The molecule has 0 atom stereocenters. The van der Waals surface area contributed by atoms with E-state index in [4.69, 9.17) is 5.73 Å². The number of nitrogens with one attached hydrogen (secondary N) is 1. The predicted molar refractivity (Wildman–Crippen MR) is 63.2 cm³/mol. The topological polar surface area (TPSA) is 50.9 Å². The molecule has 0 spiro atoms. The number of nitrogens with two attached hydrogens (primary N) is 1. The fraction of sp³-hybridized carbons (Fsp3) is 0.364. The number of pyridine rings is 1. The summed E-state index contributed by atoms with van der Waals surface area (Å²) in [4.78, 5) is 4.00. The molecule has 3 heteroatoms. The Kier molecular flexibility index (Phi) is 6.20. The minimum absolute atomic E-state index is 0.587. The molecule has 1 aromatic rings. The molecule has 1 aromatic heterocycles. The maximum Gasteiger partial charge on any atom is 0.128 e. The van der Waals surface area contributed by atoms with Gasteiger partial charge in [0.15, 0.2) is 0 Å². The van der Waals surface area contributed by atoms with E-state index in [1.807, 2.05) is 26.8 Å². The highest BCUT2D eigenvalue weighted by Gasteiger charge is 2.02. The fourth-order valence-electron chi connectivity index (χ4n) is 1.13. The average molecular weight is 193 g/mol. The van der Waals surface area contributed by atoms with Gasteiger partial charge < -0.3 is 11.1 Å². The number of aromatic nitrogens is 1. The highest BCUT2D eigenvalue weighted by Crippen LogP contribution is 2.19. The van der Waals surface area contributed by atoms with Crippen LogP contribution in [0.3, 0.4) is 0 Å². The van der Waals surface area contributed by atoms with Gasteiger partial charge in [0.1, 0.15) is 5.82 Å². The van der Waals surface area contributed by atoms with Crippen molar-refractivity contribution < 1.29 is 0 Å². The van der Waals surface area contributed by atoms with E-state index >= 15 is 0 Å². The highest BCUT2D eigenvalue weighted by molar-refractivity contribution is 5.60. The zero-order valence-electron chi connectivity index (χ0n) is 9.17. The van der Waals surface area contributed by atoms with E-state index in [0.717, 1.165) is 17.7 Å². The zero-order chi connectivity index (χ0) is 11.0. The molecule has 0 aliphatic heterocycles. The minimum Gasteiger partial charge on any atom is -0.383 e. The number of rotatable bonds is 3. The van der Waals surface area contributed by atoms with Gasteiger partial charge in [-0.25, -0.2) is 4.98 Å². The van der Waals surface area contributed by atoms with Gasteiger partial charge in [-0.2, -0.15) is 0 Å². The van der Waals surface area contributed by atoms with Gasteiger partial charge in [0.05, 0.1) is 0 Å². The van der Waals surface area contributed by atoms with Crippen molar-refractivity contribution in [2.24, 2.45) is 0 Å². The Morgan fingerprint density at radius 3 is 2.71 bits per heavy atom. The summed E-state index contributed by atoms with van der Waals surface area (Å²) in [6.45, 7) is 9.63. The molecule has 0 bridgehead atoms. The molecule has 0 saturated carbocycles. The molecule has 3 nitrogen and oxygen atoms in total. The fourth-order valence-corrected chi connectivity index (χ4v) is 1.13. The third kappa shape index (κ3) is 3.09. The number of anilines is 2. The SMILES string of the molecule is C=CNc1ccnc(N)c1CC.CC. The van der Waals surface area contributed by atoms with E-state index < -0.39 is 0 Å². The van der Waals surface area contributed by atoms with Gasteiger partial charge in [-0.05, 0) is 18.7 Å². The van der Waals surface area contributed by atoms with Crippen molar-refractivity contribution in [2.75, 3.05) is 11.1 Å². The molecule has 0 aliphatic carbocycles. The molecule has 0 aromatic carbocycles. The number of hydrogen-bond acceptors (Lipinski definition) is 3. The quantitative estimate of drug-likeness (QED) is 0.776. The molecule has 0 radical (unpaired) electrons. The lowest BCUT2D eigenvalue weighted by atomic mass is 10.1. The van der Waals surface area contributed by atoms with E-state index in [1.165, 1.54) is 0 Å². The summed E-state index contributed by atoms with van der Waals surface area (Å²) in [5, 5.41) is 3.01. The molecule has 1 heterocycles. The second kappa shape index (κ2) is 6.95. The van der Waals surface area contributed by atoms with E-state index in [2.05, 4.69) is 16.9 Å². The van der Waals surface area contributed by atoms with Crippen LogP contribution in [0, 0.1) is 0 Å². The molecule has 0 saturated heterocycles. The standard InChI is InChI=1S/C9H13N3.C2H6/c1-3-7-8(11-4-2)5-6-12-9(7)10;1-2/h4-6H,2-3H2,1H3,(H3,10,11,12);1-2H3. The summed E-state index contributed by atoms with van der Waals surface area (Å²) in [5.74, 6) is 0.587. The van der Waals surface area contributed by atoms with Crippen LogP contribution in [0.15, 0.2) is 25.0 Å². The van der Waals surface area contributed by atoms with Gasteiger partial charge in [0.25, 0.3) is 0 Å². The second-order valence-corrected chi connectivity index (χ2v) is 2.42. The molecule has 0 aliphatic rings. The van der Waals surface area contributed by atoms with Crippen LogP contribution in [0.2, 0.25) is 0 Å². The van der Waals surface area contributed by atoms with Crippen LogP contribution < -0.4 is 11.1 Å². The third-order valence-electron chi connectivity index (χ3n) is 1.70. The lowest BCUT2D eigenvalue weighted by Crippen LogP contribution is -2.00. The number of hydrogen-bond donors (Lipinski definition) is 2. The Balaban J connectivity index is 0.000000791. The van der Waals surface area contributed by atoms with E-state index in [9.17, 15) is 0 Å². The first-order chi connectivity index (χ1) is 6.79. The van der Waals surface area contributed by atoms with Crippen molar-refractivity contribution >= 4 is 11.5 Å². The molecule has 14 heavy (non-hydrogen) atoms. The molecular weight excluding hydrogens is 174 g/mol. The van der Waals surface area contributed by atoms with Crippen LogP contribution in [0.4, 0.5) is 11.5 Å². The molecule has 0 fully saturated rings. The van der Waals surface area contributed by atoms with Crippen molar-refractivity contribution in [2.45, 2.75) is 27.2 Å². The Hall–Kier alpha value is -1.51. The monoisotopic (exact) mass is 193 g/mol. The van der Waals surface area contributed by atoms with Gasteiger partial charge in [-0.15, -0.1) is 0 Å². The lowest BCUT2D eigenvalue weighted by molar-refractivity contribution is 1.11. The highest BCUT2D eigenvalue weighted by atomic mass is 14.9. The van der Waals surface area contributed by atoms with Crippen molar-refractivity contribution in [3.8, 4) is 0 Å². The first-order valence-electron chi connectivity index (χ1n) is 4.90. The van der Waals surface area contributed by atoms with Gasteiger partial charge >= 0.3 is 0 Å². The first-order valence-corrected chi connectivity index (χ1v) is 4.90. The van der Waals surface area contributed by atoms with Crippen molar-refractivity contribution in [1.82, 2.24) is 4.98 Å². The van der Waals surface area contributed by atoms with Crippen LogP contribution in [-0.2, 0) is 6.42 Å². The van der Waals surface area contributed by atoms with Crippen molar-refractivity contribution in [3.63, 3.8) is 0 Å². The summed E-state index contributed by atoms with van der Waals surface area (Å²) < 4.78 is 0. The summed E-state index contributed by atoms with van der Waals surface area (Å²) in [7, 11) is 0.